The minimum atomic E-state index is -0.918. The van der Waals surface area contributed by atoms with Crippen molar-refractivity contribution in [2.75, 3.05) is 13.2 Å². The summed E-state index contributed by atoms with van der Waals surface area (Å²) >= 11 is 0. The van der Waals surface area contributed by atoms with Gasteiger partial charge in [0.25, 0.3) is 0 Å². The molecular formula is C54H58O8. The highest BCUT2D eigenvalue weighted by atomic mass is 16.6. The van der Waals surface area contributed by atoms with Crippen molar-refractivity contribution in [2.24, 2.45) is 29.6 Å². The van der Waals surface area contributed by atoms with E-state index in [0.29, 0.717) is 87.7 Å². The molecule has 3 aliphatic carbocycles. The number of esters is 4. The summed E-state index contributed by atoms with van der Waals surface area (Å²) in [6.07, 6.45) is 19.3. The van der Waals surface area contributed by atoms with Crippen LogP contribution in [0.1, 0.15) is 136 Å². The average molecular weight is 835 g/mol. The molecule has 0 aliphatic heterocycles. The minimum Gasteiger partial charge on any atom is -0.465 e. The van der Waals surface area contributed by atoms with Gasteiger partial charge in [-0.1, -0.05) is 50.0 Å². The number of benzene rings is 3. The molecule has 0 unspecified atom stereocenters. The van der Waals surface area contributed by atoms with Gasteiger partial charge in [-0.3, -0.25) is 9.59 Å². The average Bonchev–Trinajstić information content (AvgIpc) is 3.31. The molecule has 0 heterocycles. The molecule has 3 aromatic rings. The van der Waals surface area contributed by atoms with Crippen LogP contribution in [-0.4, -0.2) is 42.7 Å². The van der Waals surface area contributed by atoms with E-state index in [-0.39, 0.29) is 23.8 Å². The van der Waals surface area contributed by atoms with Gasteiger partial charge in [0, 0.05) is 28.3 Å². The summed E-state index contributed by atoms with van der Waals surface area (Å²) in [7, 11) is 0. The fourth-order valence-corrected chi connectivity index (χ4v) is 8.77. The van der Waals surface area contributed by atoms with Crippen molar-refractivity contribution in [2.45, 2.75) is 109 Å². The smallest absolute Gasteiger partial charge is 0.339 e. The maximum absolute atomic E-state index is 13.8. The Morgan fingerprint density at radius 2 is 1.16 bits per heavy atom. The van der Waals surface area contributed by atoms with Gasteiger partial charge in [0.15, 0.2) is 5.60 Å². The largest absolute Gasteiger partial charge is 0.465 e. The maximum atomic E-state index is 13.8. The molecular weight excluding hydrogens is 777 g/mol. The molecule has 0 amide bonds. The lowest BCUT2D eigenvalue weighted by Gasteiger charge is -2.40. The Morgan fingerprint density at radius 3 is 1.73 bits per heavy atom. The normalized spacial score (nSPS) is 23.1. The van der Waals surface area contributed by atoms with Gasteiger partial charge in [-0.2, -0.15) is 0 Å². The molecule has 0 atom stereocenters. The zero-order valence-electron chi connectivity index (χ0n) is 36.0. The number of unbranched alkanes of at least 4 members (excludes halogenated alkanes) is 2. The molecule has 8 heteroatoms. The van der Waals surface area contributed by atoms with E-state index in [2.05, 4.69) is 43.1 Å². The molecule has 0 N–H and O–H groups in total. The predicted molar refractivity (Wildman–Crippen MR) is 238 cm³/mol. The van der Waals surface area contributed by atoms with Crippen LogP contribution in [0, 0.1) is 65.6 Å². The van der Waals surface area contributed by atoms with Gasteiger partial charge >= 0.3 is 23.9 Å². The highest BCUT2D eigenvalue weighted by Crippen LogP contribution is 2.44. The van der Waals surface area contributed by atoms with Crippen LogP contribution in [0.2, 0.25) is 0 Å². The van der Waals surface area contributed by atoms with Crippen LogP contribution >= 0.6 is 0 Å². The van der Waals surface area contributed by atoms with E-state index in [1.54, 1.807) is 24.3 Å². The van der Waals surface area contributed by atoms with Gasteiger partial charge in [0.1, 0.15) is 5.75 Å². The van der Waals surface area contributed by atoms with E-state index in [1.807, 2.05) is 48.5 Å². The van der Waals surface area contributed by atoms with Gasteiger partial charge in [0.2, 0.25) is 0 Å². The molecule has 0 aromatic heterocycles. The zero-order chi connectivity index (χ0) is 43.7. The van der Waals surface area contributed by atoms with Crippen molar-refractivity contribution in [3.05, 3.63) is 113 Å². The molecule has 0 radical (unpaired) electrons. The van der Waals surface area contributed by atoms with Crippen molar-refractivity contribution >= 4 is 23.9 Å². The molecule has 3 saturated carbocycles. The summed E-state index contributed by atoms with van der Waals surface area (Å²) in [6.45, 7) is 6.34. The lowest BCUT2D eigenvalue weighted by molar-refractivity contribution is -0.152. The van der Waals surface area contributed by atoms with E-state index in [1.165, 1.54) is 25.7 Å². The molecule has 3 aromatic carbocycles. The third-order valence-corrected chi connectivity index (χ3v) is 12.7. The van der Waals surface area contributed by atoms with Crippen molar-refractivity contribution < 1.29 is 38.1 Å². The van der Waals surface area contributed by atoms with Crippen LogP contribution in [0.4, 0.5) is 0 Å². The first-order valence-electron chi connectivity index (χ1n) is 22.3. The Balaban J connectivity index is 1.01. The number of carbonyl (C=O) groups is 4. The van der Waals surface area contributed by atoms with E-state index >= 15 is 0 Å². The summed E-state index contributed by atoms with van der Waals surface area (Å²) in [5.41, 5.74) is 2.83. The van der Waals surface area contributed by atoms with Crippen molar-refractivity contribution in [1.29, 1.82) is 0 Å². The van der Waals surface area contributed by atoms with Gasteiger partial charge in [-0.15, -0.1) is 6.42 Å². The van der Waals surface area contributed by atoms with Crippen LogP contribution in [0.5, 0.6) is 5.75 Å². The number of hydrogen-bond acceptors (Lipinski definition) is 8. The standard InChI is InChI=1S/C54H58O8/c1-4-40-11-13-41(14-12-40)15-16-42-17-19-43(20-18-42)31-34-54(35-32-45(33-36-54)44-21-9-39(3)10-22-44)62-53(58)48-27-29-49(30-28-48)61-52(57)47-25-23-46(24-26-47)51(56)60-38-8-6-7-37-59-50(55)5-2/h1,5,11-14,17-20,27-30,39,44-47H,2,6-10,21-26,32-33,35-38H2,3H3. The van der Waals surface area contributed by atoms with Crippen LogP contribution in [0.25, 0.3) is 0 Å². The lowest BCUT2D eigenvalue weighted by atomic mass is 9.68. The van der Waals surface area contributed by atoms with Gasteiger partial charge in [-0.05, 0) is 180 Å². The van der Waals surface area contributed by atoms with E-state index in [4.69, 9.17) is 25.4 Å². The Hall–Kier alpha value is -6.04. The fourth-order valence-electron chi connectivity index (χ4n) is 8.77. The SMILES string of the molecule is C#Cc1ccc(C#Cc2ccc(C#CC3(OC(=O)c4ccc(OC(=O)C5CCC(C(=O)OCCCCCOC(=O)C=C)CC5)cc4)CCC(C4CCC(C)CC4)CC3)cc2)cc1. The predicted octanol–water partition coefficient (Wildman–Crippen LogP) is 10.2. The molecule has 3 aliphatic rings. The minimum absolute atomic E-state index is 0.239. The second-order valence-electron chi connectivity index (χ2n) is 17.1. The van der Waals surface area contributed by atoms with E-state index in [0.717, 1.165) is 53.5 Å². The van der Waals surface area contributed by atoms with Crippen LogP contribution < -0.4 is 4.74 Å². The molecule has 0 saturated heterocycles. The van der Waals surface area contributed by atoms with E-state index in [9.17, 15) is 19.2 Å². The Bertz CT molecular complexity index is 2160. The lowest BCUT2D eigenvalue weighted by Crippen LogP contribution is -2.39. The summed E-state index contributed by atoms with van der Waals surface area (Å²) in [5, 5.41) is 0. The quantitative estimate of drug-likeness (QED) is 0.0419. The van der Waals surface area contributed by atoms with Crippen molar-refractivity contribution in [1.82, 2.24) is 0 Å². The first-order chi connectivity index (χ1) is 30.1. The summed E-state index contributed by atoms with van der Waals surface area (Å²) in [5.74, 6) is 16.2. The topological polar surface area (TPSA) is 105 Å². The highest BCUT2D eigenvalue weighted by Gasteiger charge is 2.40. The molecule has 8 nitrogen and oxygen atoms in total. The number of terminal acetylenes is 1. The number of hydrogen-bond donors (Lipinski definition) is 0. The van der Waals surface area contributed by atoms with Crippen LogP contribution in [-0.2, 0) is 28.6 Å². The molecule has 0 spiro atoms. The molecule has 322 valence electrons. The Labute approximate surface area is 367 Å². The van der Waals surface area contributed by atoms with Crippen molar-refractivity contribution in [3.63, 3.8) is 0 Å². The first kappa shape index (κ1) is 45.5. The van der Waals surface area contributed by atoms with E-state index < -0.39 is 17.5 Å². The number of ether oxygens (including phenoxy) is 4. The third kappa shape index (κ3) is 13.5. The summed E-state index contributed by atoms with van der Waals surface area (Å²) < 4.78 is 22.5. The monoisotopic (exact) mass is 834 g/mol. The molecule has 3 fully saturated rings. The Morgan fingerprint density at radius 1 is 0.645 bits per heavy atom. The maximum Gasteiger partial charge on any atom is 0.339 e. The summed E-state index contributed by atoms with van der Waals surface area (Å²) in [4.78, 5) is 50.6. The second kappa shape index (κ2) is 22.7. The van der Waals surface area contributed by atoms with Gasteiger partial charge < -0.3 is 18.9 Å². The summed E-state index contributed by atoms with van der Waals surface area (Å²) in [6, 6.07) is 21.9. The van der Waals surface area contributed by atoms with Crippen LogP contribution in [0.3, 0.4) is 0 Å². The third-order valence-electron chi connectivity index (χ3n) is 12.7. The molecule has 6 rings (SSSR count). The number of rotatable bonds is 13. The molecule has 0 bridgehead atoms. The Kier molecular flexibility index (Phi) is 16.7. The van der Waals surface area contributed by atoms with Gasteiger partial charge in [-0.25, -0.2) is 9.59 Å². The first-order valence-corrected chi connectivity index (χ1v) is 22.3. The van der Waals surface area contributed by atoms with Gasteiger partial charge in [0.05, 0.1) is 30.6 Å². The zero-order valence-corrected chi connectivity index (χ0v) is 36.0. The fraction of sp³-hybridized carbons (Fsp3) is 0.444. The highest BCUT2D eigenvalue weighted by molar-refractivity contribution is 5.90. The van der Waals surface area contributed by atoms with Crippen molar-refractivity contribution in [3.8, 4) is 41.8 Å². The second-order valence-corrected chi connectivity index (χ2v) is 17.1. The van der Waals surface area contributed by atoms with Crippen LogP contribution in [0.15, 0.2) is 85.5 Å². The molecule has 62 heavy (non-hydrogen) atoms. The number of carbonyl (C=O) groups excluding carboxylic acids is 4.